The van der Waals surface area contributed by atoms with Gasteiger partial charge in [-0.05, 0) is 19.1 Å². The molecule has 0 spiro atoms. The van der Waals surface area contributed by atoms with Crippen molar-refractivity contribution in [2.75, 3.05) is 0 Å². The number of thioether (sulfide) groups is 1. The Bertz CT molecular complexity index is 749. The molecule has 2 rings (SSSR count). The van der Waals surface area contributed by atoms with E-state index in [4.69, 9.17) is 5.11 Å². The van der Waals surface area contributed by atoms with Gasteiger partial charge in [0.1, 0.15) is 17.0 Å². The molecule has 0 unspecified atom stereocenters. The molecule has 1 heterocycles. The second-order valence-electron chi connectivity index (χ2n) is 5.14. The minimum absolute atomic E-state index is 0.0525. The number of nitrogens with zero attached hydrogens (tertiary/aromatic N) is 2. The summed E-state index contributed by atoms with van der Waals surface area (Å²) >= 11 is 1.03. The van der Waals surface area contributed by atoms with E-state index in [9.17, 15) is 19.5 Å². The summed E-state index contributed by atoms with van der Waals surface area (Å²) in [6.07, 6.45) is 1.17. The number of carbonyl (C=O) groups excluding carboxylic acids is 2. The molecule has 10 heteroatoms. The zero-order valence-corrected chi connectivity index (χ0v) is 14.0. The van der Waals surface area contributed by atoms with Crippen LogP contribution in [0.1, 0.15) is 18.9 Å². The van der Waals surface area contributed by atoms with Gasteiger partial charge in [0.05, 0.1) is 6.21 Å². The third kappa shape index (κ3) is 5.31. The zero-order chi connectivity index (χ0) is 18.4. The van der Waals surface area contributed by atoms with Crippen LogP contribution >= 0.6 is 11.8 Å². The minimum atomic E-state index is -1.15. The van der Waals surface area contributed by atoms with E-state index in [1.807, 2.05) is 0 Å². The van der Waals surface area contributed by atoms with Gasteiger partial charge >= 0.3 is 5.97 Å². The van der Waals surface area contributed by atoms with Crippen molar-refractivity contribution in [2.24, 2.45) is 10.2 Å². The van der Waals surface area contributed by atoms with E-state index in [2.05, 4.69) is 20.8 Å². The second kappa shape index (κ2) is 8.29. The van der Waals surface area contributed by atoms with Crippen molar-refractivity contribution in [3.63, 3.8) is 0 Å². The van der Waals surface area contributed by atoms with Gasteiger partial charge in [0, 0.05) is 12.0 Å². The summed E-state index contributed by atoms with van der Waals surface area (Å²) in [7, 11) is 0. The van der Waals surface area contributed by atoms with Crippen molar-refractivity contribution in [1.82, 2.24) is 10.6 Å². The number of phenols is 1. The van der Waals surface area contributed by atoms with Gasteiger partial charge in [-0.25, -0.2) is 0 Å². The number of hydrogen-bond acceptors (Lipinski definition) is 7. The molecule has 0 aliphatic carbocycles. The fourth-order valence-electron chi connectivity index (χ4n) is 1.86. The van der Waals surface area contributed by atoms with Gasteiger partial charge in [-0.1, -0.05) is 23.9 Å². The maximum atomic E-state index is 11.8. The van der Waals surface area contributed by atoms with Gasteiger partial charge in [-0.2, -0.15) is 5.10 Å². The number of carboxylic acids is 1. The number of amides is 2. The largest absolute Gasteiger partial charge is 0.507 e. The van der Waals surface area contributed by atoms with Crippen molar-refractivity contribution in [1.29, 1.82) is 0 Å². The average Bonchev–Trinajstić information content (AvgIpc) is 2.88. The molecular formula is C15H16N4O5S. The number of hydrogen-bond donors (Lipinski definition) is 4. The summed E-state index contributed by atoms with van der Waals surface area (Å²) in [5.74, 6) is -2.05. The number of nitrogens with one attached hydrogen (secondary N) is 2. The number of aliphatic carboxylic acids is 1. The molecule has 2 amide bonds. The number of carbonyl (C=O) groups is 3. The van der Waals surface area contributed by atoms with Gasteiger partial charge < -0.3 is 20.8 Å². The van der Waals surface area contributed by atoms with Crippen molar-refractivity contribution >= 4 is 40.9 Å². The molecule has 2 atom stereocenters. The number of aromatic hydroxyl groups is 1. The van der Waals surface area contributed by atoms with E-state index < -0.39 is 29.1 Å². The van der Waals surface area contributed by atoms with Crippen molar-refractivity contribution in [3.8, 4) is 5.75 Å². The summed E-state index contributed by atoms with van der Waals surface area (Å²) in [4.78, 5) is 34.3. The average molecular weight is 364 g/mol. The lowest BCUT2D eigenvalue weighted by atomic mass is 10.2. The Morgan fingerprint density at radius 1 is 1.44 bits per heavy atom. The van der Waals surface area contributed by atoms with Crippen LogP contribution in [0.3, 0.4) is 0 Å². The van der Waals surface area contributed by atoms with Gasteiger partial charge in [0.2, 0.25) is 11.8 Å². The van der Waals surface area contributed by atoms with E-state index in [0.29, 0.717) is 5.56 Å². The van der Waals surface area contributed by atoms with Crippen molar-refractivity contribution in [2.45, 2.75) is 24.6 Å². The van der Waals surface area contributed by atoms with Gasteiger partial charge in [0.15, 0.2) is 5.17 Å². The minimum Gasteiger partial charge on any atom is -0.507 e. The van der Waals surface area contributed by atoms with Gasteiger partial charge in [0.25, 0.3) is 0 Å². The summed E-state index contributed by atoms with van der Waals surface area (Å²) in [6, 6.07) is 5.53. The zero-order valence-electron chi connectivity index (χ0n) is 13.2. The number of phenolic OH excluding ortho intramolecular Hbond substituents is 1. The summed E-state index contributed by atoms with van der Waals surface area (Å²) in [6.45, 7) is 1.34. The van der Waals surface area contributed by atoms with E-state index in [1.54, 1.807) is 18.2 Å². The molecule has 4 N–H and O–H groups in total. The van der Waals surface area contributed by atoms with Crippen LogP contribution in [0.25, 0.3) is 0 Å². The highest BCUT2D eigenvalue weighted by molar-refractivity contribution is 8.15. The molecule has 1 aromatic carbocycles. The van der Waals surface area contributed by atoms with Crippen molar-refractivity contribution in [3.05, 3.63) is 29.8 Å². The lowest BCUT2D eigenvalue weighted by molar-refractivity contribution is -0.141. The van der Waals surface area contributed by atoms with Crippen LogP contribution in [0, 0.1) is 0 Å². The molecule has 1 aliphatic rings. The Hall–Kier alpha value is -2.88. The van der Waals surface area contributed by atoms with Crippen LogP contribution < -0.4 is 10.6 Å². The molecule has 1 saturated heterocycles. The standard InChI is InChI=1S/C15H16N4O5S/c1-8(14(23)24)17-12(21)6-11-13(22)18-15(25-11)19-16-7-9-4-2-3-5-10(9)20/h2-5,7-8,11,20H,6H2,1H3,(H,17,21)(H,23,24)(H,18,19,22)/b16-7-/t8-,11+/m1/s1. The molecule has 1 aromatic rings. The molecule has 9 nitrogen and oxygen atoms in total. The number of amidine groups is 1. The van der Waals surface area contributed by atoms with E-state index >= 15 is 0 Å². The van der Waals surface area contributed by atoms with Gasteiger partial charge in [-0.3, -0.25) is 14.4 Å². The maximum absolute atomic E-state index is 11.8. The van der Waals surface area contributed by atoms with Crippen molar-refractivity contribution < 1.29 is 24.6 Å². The number of benzene rings is 1. The normalized spacial score (nSPS) is 19.8. The van der Waals surface area contributed by atoms with Gasteiger partial charge in [-0.15, -0.1) is 5.10 Å². The van der Waals surface area contributed by atoms with E-state index in [1.165, 1.54) is 19.2 Å². The number of para-hydroxylation sites is 1. The van der Waals surface area contributed by atoms with Crippen LogP contribution in [-0.2, 0) is 14.4 Å². The molecule has 132 valence electrons. The lowest BCUT2D eigenvalue weighted by Crippen LogP contribution is -2.40. The summed E-state index contributed by atoms with van der Waals surface area (Å²) in [5, 5.41) is 30.3. The Morgan fingerprint density at radius 2 is 2.16 bits per heavy atom. The first-order valence-corrected chi connectivity index (χ1v) is 8.13. The Morgan fingerprint density at radius 3 is 2.84 bits per heavy atom. The molecule has 1 fully saturated rings. The topological polar surface area (TPSA) is 140 Å². The fraction of sp³-hybridized carbons (Fsp3) is 0.267. The first-order valence-electron chi connectivity index (χ1n) is 7.25. The first-order chi connectivity index (χ1) is 11.9. The number of carboxylic acid groups (broad SMARTS) is 1. The first kappa shape index (κ1) is 18.5. The third-order valence-electron chi connectivity index (χ3n) is 3.18. The molecule has 0 aromatic heterocycles. The number of rotatable bonds is 6. The van der Waals surface area contributed by atoms with Crippen LogP contribution in [0.2, 0.25) is 0 Å². The van der Waals surface area contributed by atoms with E-state index in [-0.39, 0.29) is 17.3 Å². The molecule has 25 heavy (non-hydrogen) atoms. The summed E-state index contributed by atoms with van der Waals surface area (Å²) < 4.78 is 0. The quantitative estimate of drug-likeness (QED) is 0.422. The predicted molar refractivity (Wildman–Crippen MR) is 92.5 cm³/mol. The lowest BCUT2D eigenvalue weighted by Gasteiger charge is -2.10. The fourth-order valence-corrected chi connectivity index (χ4v) is 2.78. The smallest absolute Gasteiger partial charge is 0.325 e. The van der Waals surface area contributed by atoms with Crippen LogP contribution in [0.5, 0.6) is 5.75 Å². The maximum Gasteiger partial charge on any atom is 0.325 e. The Balaban J connectivity index is 1.92. The predicted octanol–water partition coefficient (Wildman–Crippen LogP) is 0.293. The second-order valence-corrected chi connectivity index (χ2v) is 6.33. The molecule has 0 bridgehead atoms. The highest BCUT2D eigenvalue weighted by Crippen LogP contribution is 2.22. The molecular weight excluding hydrogens is 348 g/mol. The van der Waals surface area contributed by atoms with Crippen LogP contribution in [-0.4, -0.2) is 50.7 Å². The molecule has 0 radical (unpaired) electrons. The van der Waals surface area contributed by atoms with Crippen LogP contribution in [0.4, 0.5) is 0 Å². The Labute approximate surface area is 147 Å². The highest BCUT2D eigenvalue weighted by atomic mass is 32.2. The molecule has 0 saturated carbocycles. The summed E-state index contributed by atoms with van der Waals surface area (Å²) in [5.41, 5.74) is 0.472. The Kier molecular flexibility index (Phi) is 6.12. The molecule has 1 aliphatic heterocycles. The monoisotopic (exact) mass is 364 g/mol. The third-order valence-corrected chi connectivity index (χ3v) is 4.25. The highest BCUT2D eigenvalue weighted by Gasteiger charge is 2.32. The van der Waals surface area contributed by atoms with Crippen LogP contribution in [0.15, 0.2) is 34.5 Å². The SMILES string of the molecule is C[C@@H](NC(=O)C[C@@H]1S/C(=N\N=C/c2ccccc2O)NC1=O)C(=O)O. The van der Waals surface area contributed by atoms with E-state index in [0.717, 1.165) is 11.8 Å².